The third kappa shape index (κ3) is 4.55. The molecule has 1 atom stereocenters. The summed E-state index contributed by atoms with van der Waals surface area (Å²) < 4.78 is 4.14. The number of nitrogens with zero attached hydrogens (tertiary/aromatic N) is 2. The molecule has 5 heteroatoms. The monoisotopic (exact) mass is 355 g/mol. The van der Waals surface area contributed by atoms with Crippen LogP contribution in [0.15, 0.2) is 42.7 Å². The van der Waals surface area contributed by atoms with Crippen LogP contribution in [-0.2, 0) is 18.4 Å². The van der Waals surface area contributed by atoms with Gasteiger partial charge in [0.05, 0.1) is 4.88 Å². The van der Waals surface area contributed by atoms with Gasteiger partial charge in [-0.1, -0.05) is 45.0 Å². The number of rotatable bonds is 5. The lowest BCUT2D eigenvalue weighted by atomic mass is 9.91. The minimum Gasteiger partial charge on any atom is -0.382 e. The van der Waals surface area contributed by atoms with Crippen LogP contribution in [0.5, 0.6) is 0 Å². The SMILES string of the molecule is CC(C)(C)Cc1cnc(C(C)(O)Cc2ccc(-c3ccns3)cc2)[nH]1. The van der Waals surface area contributed by atoms with E-state index in [1.54, 1.807) is 0 Å². The van der Waals surface area contributed by atoms with Crippen LogP contribution in [0, 0.1) is 5.41 Å². The number of benzene rings is 1. The van der Waals surface area contributed by atoms with Gasteiger partial charge in [0.25, 0.3) is 0 Å². The van der Waals surface area contributed by atoms with Crippen molar-refractivity contribution in [1.82, 2.24) is 14.3 Å². The van der Waals surface area contributed by atoms with E-state index in [0.29, 0.717) is 12.2 Å². The van der Waals surface area contributed by atoms with Crippen LogP contribution < -0.4 is 0 Å². The number of nitrogens with one attached hydrogen (secondary N) is 1. The molecule has 4 nitrogen and oxygen atoms in total. The fraction of sp³-hybridized carbons (Fsp3) is 0.400. The average molecular weight is 356 g/mol. The summed E-state index contributed by atoms with van der Waals surface area (Å²) in [6.45, 7) is 8.38. The molecule has 132 valence electrons. The molecule has 0 saturated heterocycles. The molecule has 0 saturated carbocycles. The maximum absolute atomic E-state index is 10.9. The van der Waals surface area contributed by atoms with Crippen LogP contribution in [0.2, 0.25) is 0 Å². The molecule has 1 unspecified atom stereocenters. The Labute approximate surface area is 153 Å². The summed E-state index contributed by atoms with van der Waals surface area (Å²) in [6.07, 6.45) is 5.06. The number of aromatic amines is 1. The van der Waals surface area contributed by atoms with E-state index in [2.05, 4.69) is 59.4 Å². The van der Waals surface area contributed by atoms with Crippen molar-refractivity contribution < 1.29 is 5.11 Å². The van der Waals surface area contributed by atoms with Gasteiger partial charge in [-0.3, -0.25) is 0 Å². The number of aliphatic hydroxyl groups is 1. The fourth-order valence-corrected chi connectivity index (χ4v) is 3.53. The predicted octanol–water partition coefficient (Wildman–Crippen LogP) is 4.57. The fourth-order valence-electron chi connectivity index (χ4n) is 2.93. The summed E-state index contributed by atoms with van der Waals surface area (Å²) in [5, 5.41) is 10.9. The van der Waals surface area contributed by atoms with E-state index in [4.69, 9.17) is 0 Å². The summed E-state index contributed by atoms with van der Waals surface area (Å²) in [5.41, 5.74) is 2.44. The molecule has 0 aliphatic rings. The first-order valence-electron chi connectivity index (χ1n) is 8.50. The van der Waals surface area contributed by atoms with E-state index in [9.17, 15) is 5.11 Å². The molecule has 3 rings (SSSR count). The molecular weight excluding hydrogens is 330 g/mol. The van der Waals surface area contributed by atoms with Crippen LogP contribution >= 0.6 is 11.5 Å². The Balaban J connectivity index is 1.73. The number of hydrogen-bond donors (Lipinski definition) is 2. The zero-order valence-electron chi connectivity index (χ0n) is 15.2. The van der Waals surface area contributed by atoms with Gasteiger partial charge >= 0.3 is 0 Å². The Morgan fingerprint density at radius 3 is 2.36 bits per heavy atom. The van der Waals surface area contributed by atoms with E-state index in [1.807, 2.05) is 25.4 Å². The lowest BCUT2D eigenvalue weighted by Crippen LogP contribution is -2.26. The second-order valence-corrected chi connectivity index (χ2v) is 8.85. The van der Waals surface area contributed by atoms with E-state index in [0.717, 1.165) is 28.1 Å². The maximum Gasteiger partial charge on any atom is 0.138 e. The van der Waals surface area contributed by atoms with Crippen LogP contribution in [-0.4, -0.2) is 19.4 Å². The van der Waals surface area contributed by atoms with Crippen molar-refractivity contribution in [3.05, 3.63) is 59.8 Å². The van der Waals surface area contributed by atoms with Crippen molar-refractivity contribution in [1.29, 1.82) is 0 Å². The molecule has 0 spiro atoms. The van der Waals surface area contributed by atoms with Gasteiger partial charge in [-0.05, 0) is 47.5 Å². The maximum atomic E-state index is 10.9. The second kappa shape index (κ2) is 6.73. The Morgan fingerprint density at radius 1 is 1.04 bits per heavy atom. The standard InChI is InChI=1S/C20H25N3OS/c1-19(2,3)12-16-13-21-18(23-16)20(4,24)11-14-5-7-15(8-6-14)17-9-10-22-25-17/h5-10,13,24H,11-12H2,1-4H3,(H,21,23). The molecule has 1 aromatic carbocycles. The summed E-state index contributed by atoms with van der Waals surface area (Å²) in [5.74, 6) is 0.623. The zero-order chi connectivity index (χ0) is 18.1. The van der Waals surface area contributed by atoms with E-state index in [1.165, 1.54) is 11.5 Å². The first-order chi connectivity index (χ1) is 11.7. The number of H-pyrrole nitrogens is 1. The molecule has 3 aromatic rings. The van der Waals surface area contributed by atoms with Crippen molar-refractivity contribution in [2.45, 2.75) is 46.1 Å². The largest absolute Gasteiger partial charge is 0.382 e. The summed E-state index contributed by atoms with van der Waals surface area (Å²) in [6, 6.07) is 10.3. The molecule has 25 heavy (non-hydrogen) atoms. The van der Waals surface area contributed by atoms with Crippen molar-refractivity contribution >= 4 is 11.5 Å². The molecule has 0 aliphatic heterocycles. The predicted molar refractivity (Wildman–Crippen MR) is 103 cm³/mol. The molecule has 2 heterocycles. The van der Waals surface area contributed by atoms with Crippen molar-refractivity contribution in [2.24, 2.45) is 5.41 Å². The van der Waals surface area contributed by atoms with Crippen molar-refractivity contribution in [3.8, 4) is 10.4 Å². The van der Waals surface area contributed by atoms with E-state index >= 15 is 0 Å². The first-order valence-corrected chi connectivity index (χ1v) is 9.27. The van der Waals surface area contributed by atoms with Crippen LogP contribution in [0.3, 0.4) is 0 Å². The van der Waals surface area contributed by atoms with Crippen LogP contribution in [0.1, 0.15) is 44.8 Å². The molecule has 0 bridgehead atoms. The Morgan fingerprint density at radius 2 is 1.76 bits per heavy atom. The van der Waals surface area contributed by atoms with Crippen molar-refractivity contribution in [2.75, 3.05) is 0 Å². The Bertz CT molecular complexity index is 812. The highest BCUT2D eigenvalue weighted by Crippen LogP contribution is 2.27. The quantitative estimate of drug-likeness (QED) is 0.704. The minimum absolute atomic E-state index is 0.183. The third-order valence-electron chi connectivity index (χ3n) is 4.08. The molecule has 2 N–H and O–H groups in total. The summed E-state index contributed by atoms with van der Waals surface area (Å²) in [7, 11) is 0. The summed E-state index contributed by atoms with van der Waals surface area (Å²) in [4.78, 5) is 8.86. The van der Waals surface area contributed by atoms with Gasteiger partial charge < -0.3 is 10.1 Å². The first kappa shape index (κ1) is 17.8. The number of imidazole rings is 1. The van der Waals surface area contributed by atoms with Gasteiger partial charge in [0, 0.05) is 24.5 Å². The van der Waals surface area contributed by atoms with Gasteiger partial charge in [-0.15, -0.1) is 0 Å². The lowest BCUT2D eigenvalue weighted by Gasteiger charge is -2.21. The van der Waals surface area contributed by atoms with Gasteiger partial charge in [0.2, 0.25) is 0 Å². The average Bonchev–Trinajstić information content (AvgIpc) is 3.17. The highest BCUT2D eigenvalue weighted by atomic mass is 32.1. The Hall–Kier alpha value is -1.98. The normalized spacial score (nSPS) is 14.4. The molecular formula is C20H25N3OS. The Kier molecular flexibility index (Phi) is 4.80. The number of aromatic nitrogens is 3. The molecule has 2 aromatic heterocycles. The molecule has 0 fully saturated rings. The second-order valence-electron chi connectivity index (χ2n) is 8.02. The summed E-state index contributed by atoms with van der Waals surface area (Å²) >= 11 is 1.48. The highest BCUT2D eigenvalue weighted by molar-refractivity contribution is 7.09. The van der Waals surface area contributed by atoms with E-state index < -0.39 is 5.60 Å². The molecule has 0 aliphatic carbocycles. The van der Waals surface area contributed by atoms with Gasteiger partial charge in [-0.25, -0.2) is 9.36 Å². The zero-order valence-corrected chi connectivity index (χ0v) is 16.0. The molecule has 0 amide bonds. The van der Waals surface area contributed by atoms with Crippen LogP contribution in [0.25, 0.3) is 10.4 Å². The van der Waals surface area contributed by atoms with Crippen LogP contribution in [0.4, 0.5) is 0 Å². The highest BCUT2D eigenvalue weighted by Gasteiger charge is 2.27. The van der Waals surface area contributed by atoms with E-state index in [-0.39, 0.29) is 5.41 Å². The third-order valence-corrected chi connectivity index (χ3v) is 4.88. The van der Waals surface area contributed by atoms with Gasteiger partial charge in [0.15, 0.2) is 0 Å². The smallest absolute Gasteiger partial charge is 0.138 e. The minimum atomic E-state index is -1.03. The van der Waals surface area contributed by atoms with Crippen molar-refractivity contribution in [3.63, 3.8) is 0 Å². The number of hydrogen-bond acceptors (Lipinski definition) is 4. The molecule has 0 radical (unpaired) electrons. The van der Waals surface area contributed by atoms with Gasteiger partial charge in [-0.2, -0.15) is 0 Å². The van der Waals surface area contributed by atoms with Gasteiger partial charge in [0.1, 0.15) is 11.4 Å². The topological polar surface area (TPSA) is 61.8 Å². The lowest BCUT2D eigenvalue weighted by molar-refractivity contribution is 0.0488.